The molecule has 0 spiro atoms. The molecule has 2 rings (SSSR count). The van der Waals surface area contributed by atoms with Gasteiger partial charge in [-0.3, -0.25) is 9.59 Å². The van der Waals surface area contributed by atoms with Crippen molar-refractivity contribution in [2.75, 3.05) is 6.54 Å². The van der Waals surface area contributed by atoms with Crippen molar-refractivity contribution >= 4 is 11.9 Å². The zero-order valence-electron chi connectivity index (χ0n) is 11.1. The minimum atomic E-state index is -1.00. The Labute approximate surface area is 120 Å². The van der Waals surface area contributed by atoms with Crippen molar-refractivity contribution in [2.45, 2.75) is 6.42 Å². The standard InChI is InChI=1S/C15H14N2O4/c18-13-6-7-16-9-12(13)14(19)17-8-5-10-3-1-2-4-11(10)15(20)21/h1-4,6-7,9H,5,8H2,(H,16,18)(H,17,19)(H,20,21). The van der Waals surface area contributed by atoms with Gasteiger partial charge in [-0.2, -0.15) is 0 Å². The second kappa shape index (κ2) is 6.51. The number of pyridine rings is 1. The van der Waals surface area contributed by atoms with E-state index in [1.807, 2.05) is 0 Å². The number of carbonyl (C=O) groups excluding carboxylic acids is 1. The van der Waals surface area contributed by atoms with Gasteiger partial charge in [-0.1, -0.05) is 18.2 Å². The van der Waals surface area contributed by atoms with Crippen LogP contribution in [0.4, 0.5) is 0 Å². The summed E-state index contributed by atoms with van der Waals surface area (Å²) >= 11 is 0. The second-order valence-electron chi connectivity index (χ2n) is 4.39. The first-order chi connectivity index (χ1) is 10.1. The normalized spacial score (nSPS) is 10.1. The monoisotopic (exact) mass is 286 g/mol. The molecule has 0 unspecified atom stereocenters. The molecule has 1 heterocycles. The van der Waals surface area contributed by atoms with Crippen molar-refractivity contribution in [2.24, 2.45) is 0 Å². The van der Waals surface area contributed by atoms with E-state index < -0.39 is 11.9 Å². The number of amides is 1. The minimum Gasteiger partial charge on any atom is -0.478 e. The Morgan fingerprint density at radius 2 is 1.90 bits per heavy atom. The molecule has 1 aromatic heterocycles. The van der Waals surface area contributed by atoms with Crippen LogP contribution in [-0.2, 0) is 6.42 Å². The van der Waals surface area contributed by atoms with Crippen LogP contribution in [-0.4, -0.2) is 28.5 Å². The first-order valence-corrected chi connectivity index (χ1v) is 6.36. The molecule has 2 aromatic rings. The third-order valence-corrected chi connectivity index (χ3v) is 3.00. The number of H-pyrrole nitrogens is 1. The Morgan fingerprint density at radius 3 is 2.62 bits per heavy atom. The average Bonchev–Trinajstić information content (AvgIpc) is 2.48. The van der Waals surface area contributed by atoms with Gasteiger partial charge in [0.2, 0.25) is 0 Å². The van der Waals surface area contributed by atoms with E-state index in [0.717, 1.165) is 0 Å². The molecule has 0 saturated heterocycles. The molecule has 0 saturated carbocycles. The summed E-state index contributed by atoms with van der Waals surface area (Å²) < 4.78 is 0. The number of benzene rings is 1. The van der Waals surface area contributed by atoms with Crippen LogP contribution in [0, 0.1) is 0 Å². The fourth-order valence-corrected chi connectivity index (χ4v) is 1.95. The number of nitrogens with one attached hydrogen (secondary N) is 2. The summed E-state index contributed by atoms with van der Waals surface area (Å²) in [7, 11) is 0. The van der Waals surface area contributed by atoms with Gasteiger partial charge in [0.05, 0.1) is 5.56 Å². The topological polar surface area (TPSA) is 99.3 Å². The molecule has 6 nitrogen and oxygen atoms in total. The van der Waals surface area contributed by atoms with Crippen LogP contribution < -0.4 is 10.7 Å². The van der Waals surface area contributed by atoms with Crippen molar-refractivity contribution in [1.29, 1.82) is 0 Å². The van der Waals surface area contributed by atoms with E-state index in [-0.39, 0.29) is 23.1 Å². The zero-order valence-corrected chi connectivity index (χ0v) is 11.1. The van der Waals surface area contributed by atoms with Gasteiger partial charge in [0.1, 0.15) is 5.56 Å². The molecule has 6 heteroatoms. The van der Waals surface area contributed by atoms with Crippen LogP contribution in [0.2, 0.25) is 0 Å². The molecule has 0 aliphatic heterocycles. The highest BCUT2D eigenvalue weighted by Crippen LogP contribution is 2.09. The van der Waals surface area contributed by atoms with Gasteiger partial charge in [0.15, 0.2) is 5.43 Å². The van der Waals surface area contributed by atoms with E-state index in [1.165, 1.54) is 24.5 Å². The van der Waals surface area contributed by atoms with Crippen LogP contribution in [0.3, 0.4) is 0 Å². The molecule has 1 aromatic carbocycles. The Kier molecular flexibility index (Phi) is 4.50. The average molecular weight is 286 g/mol. The number of carboxylic acid groups (broad SMARTS) is 1. The van der Waals surface area contributed by atoms with Gasteiger partial charge >= 0.3 is 5.97 Å². The zero-order chi connectivity index (χ0) is 15.2. The molecule has 21 heavy (non-hydrogen) atoms. The van der Waals surface area contributed by atoms with Crippen LogP contribution in [0.1, 0.15) is 26.3 Å². The molecule has 108 valence electrons. The Bertz CT molecular complexity index is 721. The molecule has 0 radical (unpaired) electrons. The maximum atomic E-state index is 11.8. The lowest BCUT2D eigenvalue weighted by Crippen LogP contribution is -2.30. The van der Waals surface area contributed by atoms with Crippen LogP contribution in [0.25, 0.3) is 0 Å². The quantitative estimate of drug-likeness (QED) is 0.764. The molecule has 3 N–H and O–H groups in total. The van der Waals surface area contributed by atoms with E-state index >= 15 is 0 Å². The molecule has 0 bridgehead atoms. The van der Waals surface area contributed by atoms with Gasteiger partial charge in [0.25, 0.3) is 5.91 Å². The summed E-state index contributed by atoms with van der Waals surface area (Å²) in [6.45, 7) is 0.247. The van der Waals surface area contributed by atoms with Crippen molar-refractivity contribution in [3.05, 3.63) is 69.6 Å². The van der Waals surface area contributed by atoms with E-state index in [4.69, 9.17) is 5.11 Å². The first kappa shape index (κ1) is 14.5. The maximum Gasteiger partial charge on any atom is 0.335 e. The van der Waals surface area contributed by atoms with Crippen molar-refractivity contribution in [1.82, 2.24) is 10.3 Å². The summed E-state index contributed by atoms with van der Waals surface area (Å²) in [5.74, 6) is -1.49. The smallest absolute Gasteiger partial charge is 0.335 e. The molecular weight excluding hydrogens is 272 g/mol. The molecule has 0 aliphatic carbocycles. The third kappa shape index (κ3) is 3.56. The predicted octanol–water partition coefficient (Wildman–Crippen LogP) is 1.05. The van der Waals surface area contributed by atoms with E-state index in [1.54, 1.807) is 18.2 Å². The van der Waals surface area contributed by atoms with Gasteiger partial charge in [-0.25, -0.2) is 4.79 Å². The number of carbonyl (C=O) groups is 2. The number of hydrogen-bond acceptors (Lipinski definition) is 3. The summed E-state index contributed by atoms with van der Waals surface area (Å²) in [6, 6.07) is 7.88. The third-order valence-electron chi connectivity index (χ3n) is 3.00. The number of aromatic nitrogens is 1. The molecule has 0 atom stereocenters. The predicted molar refractivity (Wildman–Crippen MR) is 76.5 cm³/mol. The number of rotatable bonds is 5. The number of aromatic carboxylic acids is 1. The number of aromatic amines is 1. The lowest BCUT2D eigenvalue weighted by molar-refractivity contribution is 0.0695. The minimum absolute atomic E-state index is 0.0315. The highest BCUT2D eigenvalue weighted by Gasteiger charge is 2.11. The van der Waals surface area contributed by atoms with Crippen LogP contribution in [0.5, 0.6) is 0 Å². The van der Waals surface area contributed by atoms with Gasteiger partial charge in [0, 0.05) is 25.0 Å². The second-order valence-corrected chi connectivity index (χ2v) is 4.39. The Morgan fingerprint density at radius 1 is 1.14 bits per heavy atom. The fourth-order valence-electron chi connectivity index (χ4n) is 1.95. The highest BCUT2D eigenvalue weighted by molar-refractivity contribution is 5.93. The van der Waals surface area contributed by atoms with E-state index in [0.29, 0.717) is 12.0 Å². The number of hydrogen-bond donors (Lipinski definition) is 3. The summed E-state index contributed by atoms with van der Waals surface area (Å²) in [5.41, 5.74) is 0.512. The lowest BCUT2D eigenvalue weighted by atomic mass is 10.0. The van der Waals surface area contributed by atoms with Gasteiger partial charge in [-0.15, -0.1) is 0 Å². The number of carboxylic acids is 1. The molecule has 0 aliphatic rings. The first-order valence-electron chi connectivity index (χ1n) is 6.36. The summed E-state index contributed by atoms with van der Waals surface area (Å²) in [5, 5.41) is 11.7. The molecule has 1 amide bonds. The van der Waals surface area contributed by atoms with Crippen molar-refractivity contribution < 1.29 is 14.7 Å². The van der Waals surface area contributed by atoms with E-state index in [2.05, 4.69) is 10.3 Å². The largest absolute Gasteiger partial charge is 0.478 e. The van der Waals surface area contributed by atoms with Crippen LogP contribution >= 0.6 is 0 Å². The fraction of sp³-hybridized carbons (Fsp3) is 0.133. The highest BCUT2D eigenvalue weighted by atomic mass is 16.4. The lowest BCUT2D eigenvalue weighted by Gasteiger charge is -2.07. The van der Waals surface area contributed by atoms with Gasteiger partial charge < -0.3 is 15.4 Å². The Hall–Kier alpha value is -2.89. The summed E-state index contributed by atoms with van der Waals surface area (Å²) in [4.78, 5) is 37.0. The SMILES string of the molecule is O=C(O)c1ccccc1CCNC(=O)c1c[nH]ccc1=O. The van der Waals surface area contributed by atoms with E-state index in [9.17, 15) is 14.4 Å². The Balaban J connectivity index is 1.99. The molecular formula is C15H14N2O4. The van der Waals surface area contributed by atoms with Crippen LogP contribution in [0.15, 0.2) is 47.5 Å². The van der Waals surface area contributed by atoms with Crippen molar-refractivity contribution in [3.63, 3.8) is 0 Å². The van der Waals surface area contributed by atoms with Crippen molar-refractivity contribution in [3.8, 4) is 0 Å². The summed E-state index contributed by atoms with van der Waals surface area (Å²) in [6.07, 6.45) is 3.16. The molecule has 0 fully saturated rings. The maximum absolute atomic E-state index is 11.8. The van der Waals surface area contributed by atoms with Gasteiger partial charge in [-0.05, 0) is 18.1 Å².